The molecule has 0 saturated carbocycles. The topological polar surface area (TPSA) is 86.8 Å². The van der Waals surface area contributed by atoms with Crippen molar-refractivity contribution in [2.24, 2.45) is 0 Å². The van der Waals surface area contributed by atoms with Crippen LogP contribution in [-0.4, -0.2) is 50.0 Å². The van der Waals surface area contributed by atoms with Gasteiger partial charge < -0.3 is 10.2 Å². The van der Waals surface area contributed by atoms with Crippen LogP contribution in [0.1, 0.15) is 50.3 Å². The minimum Gasteiger partial charge on any atom is -0.352 e. The van der Waals surface area contributed by atoms with E-state index in [1.165, 1.54) is 4.90 Å². The molecule has 0 spiro atoms. The van der Waals surface area contributed by atoms with Gasteiger partial charge in [0.25, 0.3) is 0 Å². The predicted molar refractivity (Wildman–Crippen MR) is 145 cm³/mol. The number of aryl methyl sites for hydroxylation is 2. The summed E-state index contributed by atoms with van der Waals surface area (Å²) in [4.78, 5) is 28.3. The largest absolute Gasteiger partial charge is 0.352 e. The normalized spacial score (nSPS) is 13.1. The molecule has 1 N–H and O–H groups in total. The summed E-state index contributed by atoms with van der Waals surface area (Å²) in [6.07, 6.45) is 2.24. The van der Waals surface area contributed by atoms with Gasteiger partial charge in [-0.2, -0.15) is 0 Å². The molecule has 9 heteroatoms. The van der Waals surface area contributed by atoms with Gasteiger partial charge in [0.05, 0.1) is 11.9 Å². The van der Waals surface area contributed by atoms with Gasteiger partial charge in [0, 0.05) is 17.1 Å². The molecule has 0 aromatic heterocycles. The fraction of sp³-hybridized carbons (Fsp3) is 0.462. The molecule has 0 saturated heterocycles. The molecule has 2 atom stereocenters. The summed E-state index contributed by atoms with van der Waals surface area (Å²) < 4.78 is 27.3. The second-order valence-electron chi connectivity index (χ2n) is 8.95. The molecule has 2 amide bonds. The van der Waals surface area contributed by atoms with E-state index in [2.05, 4.69) is 21.2 Å². The van der Waals surface area contributed by atoms with Crippen molar-refractivity contribution in [2.75, 3.05) is 17.1 Å². The maximum atomic E-state index is 13.7. The number of hydrogen-bond donors (Lipinski definition) is 1. The Hall–Kier alpha value is -2.39. The summed E-state index contributed by atoms with van der Waals surface area (Å²) in [5.41, 5.74) is 3.19. The molecule has 2 rings (SSSR count). The minimum atomic E-state index is -3.76. The van der Waals surface area contributed by atoms with E-state index in [0.717, 1.165) is 38.1 Å². The third kappa shape index (κ3) is 8.07. The number of nitrogens with zero attached hydrogens (tertiary/aromatic N) is 2. The molecule has 0 aliphatic carbocycles. The van der Waals surface area contributed by atoms with E-state index < -0.39 is 28.5 Å². The third-order valence-corrected chi connectivity index (χ3v) is 8.00. The molecule has 7 nitrogen and oxygen atoms in total. The number of anilines is 1. The lowest BCUT2D eigenvalue weighted by Crippen LogP contribution is -2.53. The van der Waals surface area contributed by atoms with E-state index in [0.29, 0.717) is 12.1 Å². The average Bonchev–Trinajstić information content (AvgIpc) is 2.79. The summed E-state index contributed by atoms with van der Waals surface area (Å²) in [6, 6.07) is 12.1. The molecule has 192 valence electrons. The number of nitrogens with one attached hydrogen (secondary N) is 1. The minimum absolute atomic E-state index is 0.0360. The van der Waals surface area contributed by atoms with Crippen LogP contribution in [0.4, 0.5) is 5.69 Å². The molecule has 0 aliphatic heterocycles. The molecule has 0 bridgehead atoms. The first kappa shape index (κ1) is 28.8. The Balaban J connectivity index is 2.45. The van der Waals surface area contributed by atoms with Crippen LogP contribution in [0.5, 0.6) is 0 Å². The van der Waals surface area contributed by atoms with E-state index in [9.17, 15) is 18.0 Å². The second-order valence-corrected chi connectivity index (χ2v) is 11.7. The van der Waals surface area contributed by atoms with Crippen molar-refractivity contribution < 1.29 is 18.0 Å². The number of amides is 2. The summed E-state index contributed by atoms with van der Waals surface area (Å²) in [6.45, 7) is 9.37. The quantitative estimate of drug-likeness (QED) is 0.433. The number of rotatable bonds is 11. The molecule has 2 aromatic rings. The summed E-state index contributed by atoms with van der Waals surface area (Å²) in [7, 11) is -3.76. The maximum absolute atomic E-state index is 13.7. The number of halogens is 1. The Morgan fingerprint density at radius 1 is 1.03 bits per heavy atom. The molecule has 0 aliphatic rings. The van der Waals surface area contributed by atoms with Crippen molar-refractivity contribution >= 4 is 43.5 Å². The Morgan fingerprint density at radius 3 is 2.17 bits per heavy atom. The number of carbonyl (C=O) groups excluding carboxylic acids is 2. The molecule has 0 unspecified atom stereocenters. The Morgan fingerprint density at radius 2 is 1.66 bits per heavy atom. The van der Waals surface area contributed by atoms with Gasteiger partial charge in [-0.05, 0) is 62.9 Å². The van der Waals surface area contributed by atoms with E-state index >= 15 is 0 Å². The highest BCUT2D eigenvalue weighted by atomic mass is 79.9. The SMILES string of the molecule is CC[C@H](C)NC(=O)[C@H](CC)N(Cc1ccc(C)cc1)C(=O)CN(c1ccc(Br)c(C)c1)S(C)(=O)=O. The van der Waals surface area contributed by atoms with Crippen LogP contribution in [0.15, 0.2) is 46.9 Å². The molecule has 0 radical (unpaired) electrons. The molecule has 2 aromatic carbocycles. The van der Waals surface area contributed by atoms with Crippen molar-refractivity contribution in [3.05, 3.63) is 63.6 Å². The predicted octanol–water partition coefficient (Wildman–Crippen LogP) is 4.55. The van der Waals surface area contributed by atoms with E-state index in [-0.39, 0.29) is 18.5 Å². The van der Waals surface area contributed by atoms with Crippen LogP contribution >= 0.6 is 15.9 Å². The van der Waals surface area contributed by atoms with E-state index in [1.807, 2.05) is 58.9 Å². The van der Waals surface area contributed by atoms with Gasteiger partial charge in [0.2, 0.25) is 21.8 Å². The fourth-order valence-electron chi connectivity index (χ4n) is 3.65. The summed E-state index contributed by atoms with van der Waals surface area (Å²) >= 11 is 3.43. The van der Waals surface area contributed by atoms with Gasteiger partial charge in [-0.15, -0.1) is 0 Å². The van der Waals surface area contributed by atoms with Crippen LogP contribution in [0.3, 0.4) is 0 Å². The number of hydrogen-bond acceptors (Lipinski definition) is 4. The van der Waals surface area contributed by atoms with Crippen molar-refractivity contribution in [1.82, 2.24) is 10.2 Å². The molecule has 0 heterocycles. The smallest absolute Gasteiger partial charge is 0.244 e. The highest BCUT2D eigenvalue weighted by molar-refractivity contribution is 9.10. The zero-order valence-corrected chi connectivity index (χ0v) is 23.7. The van der Waals surface area contributed by atoms with Crippen LogP contribution in [-0.2, 0) is 26.2 Å². The highest BCUT2D eigenvalue weighted by Crippen LogP contribution is 2.25. The van der Waals surface area contributed by atoms with E-state index in [4.69, 9.17) is 0 Å². The van der Waals surface area contributed by atoms with Gasteiger partial charge in [-0.25, -0.2) is 8.42 Å². The van der Waals surface area contributed by atoms with Gasteiger partial charge in [0.1, 0.15) is 12.6 Å². The van der Waals surface area contributed by atoms with Gasteiger partial charge in [-0.1, -0.05) is 59.6 Å². The van der Waals surface area contributed by atoms with Crippen molar-refractivity contribution in [2.45, 2.75) is 66.1 Å². The Kier molecular flexibility index (Phi) is 10.3. The van der Waals surface area contributed by atoms with Crippen molar-refractivity contribution in [3.8, 4) is 0 Å². The lowest BCUT2D eigenvalue weighted by atomic mass is 10.1. The average molecular weight is 567 g/mol. The molecular formula is C26H36BrN3O4S. The van der Waals surface area contributed by atoms with Crippen LogP contribution in [0, 0.1) is 13.8 Å². The standard InChI is InChI=1S/C26H36BrN3O4S/c1-7-20(5)28-26(32)24(8-2)29(16-21-11-9-18(3)10-12-21)25(31)17-30(35(6,33)34)22-13-14-23(27)19(4)15-22/h9-15,20,24H,7-8,16-17H2,1-6H3,(H,28,32)/t20-,24-/m0/s1. The van der Waals surface area contributed by atoms with Crippen molar-refractivity contribution in [3.63, 3.8) is 0 Å². The number of carbonyl (C=O) groups is 2. The maximum Gasteiger partial charge on any atom is 0.244 e. The third-order valence-electron chi connectivity index (χ3n) is 5.97. The first-order chi connectivity index (χ1) is 16.4. The zero-order chi connectivity index (χ0) is 26.3. The molecular weight excluding hydrogens is 530 g/mol. The van der Waals surface area contributed by atoms with Crippen LogP contribution in [0.25, 0.3) is 0 Å². The summed E-state index contributed by atoms with van der Waals surface area (Å²) in [5, 5.41) is 2.97. The highest BCUT2D eigenvalue weighted by Gasteiger charge is 2.32. The monoisotopic (exact) mass is 565 g/mol. The molecule has 0 fully saturated rings. The van der Waals surface area contributed by atoms with Crippen molar-refractivity contribution in [1.29, 1.82) is 0 Å². The van der Waals surface area contributed by atoms with Crippen LogP contribution < -0.4 is 9.62 Å². The lowest BCUT2D eigenvalue weighted by molar-refractivity contribution is -0.140. The van der Waals surface area contributed by atoms with Gasteiger partial charge in [-0.3, -0.25) is 13.9 Å². The fourth-order valence-corrected chi connectivity index (χ4v) is 4.74. The Bertz CT molecular complexity index is 1140. The second kappa shape index (κ2) is 12.5. The van der Waals surface area contributed by atoms with Crippen LogP contribution in [0.2, 0.25) is 0 Å². The number of benzene rings is 2. The first-order valence-electron chi connectivity index (χ1n) is 11.8. The summed E-state index contributed by atoms with van der Waals surface area (Å²) in [5.74, 6) is -0.685. The molecule has 35 heavy (non-hydrogen) atoms. The van der Waals surface area contributed by atoms with E-state index in [1.54, 1.807) is 18.2 Å². The first-order valence-corrected chi connectivity index (χ1v) is 14.4. The van der Waals surface area contributed by atoms with Gasteiger partial charge in [0.15, 0.2) is 0 Å². The van der Waals surface area contributed by atoms with Gasteiger partial charge >= 0.3 is 0 Å². The Labute approximate surface area is 218 Å². The number of sulfonamides is 1. The zero-order valence-electron chi connectivity index (χ0n) is 21.3. The lowest BCUT2D eigenvalue weighted by Gasteiger charge is -2.33.